The van der Waals surface area contributed by atoms with Crippen molar-refractivity contribution in [2.24, 2.45) is 11.8 Å². The molecule has 2 saturated heterocycles. The molecule has 2 aliphatic rings. The van der Waals surface area contributed by atoms with Crippen molar-refractivity contribution in [2.75, 3.05) is 39.3 Å². The van der Waals surface area contributed by atoms with Crippen LogP contribution >= 0.6 is 0 Å². The molecule has 0 N–H and O–H groups in total. The fourth-order valence-corrected chi connectivity index (χ4v) is 4.22. The maximum atomic E-state index is 2.78. The summed E-state index contributed by atoms with van der Waals surface area (Å²) in [6.07, 6.45) is 1.36. The number of rotatable bonds is 4. The van der Waals surface area contributed by atoms with Crippen LogP contribution in [0.2, 0.25) is 0 Å². The van der Waals surface area contributed by atoms with Gasteiger partial charge in [0, 0.05) is 57.4 Å². The fourth-order valence-electron chi connectivity index (χ4n) is 4.22. The molecule has 0 aromatic rings. The molecule has 1 unspecified atom stereocenters. The zero-order valence-electron chi connectivity index (χ0n) is 15.2. The zero-order chi connectivity index (χ0) is 15.6. The summed E-state index contributed by atoms with van der Waals surface area (Å²) in [6, 6.07) is 2.26. The van der Waals surface area contributed by atoms with Crippen LogP contribution in [0.15, 0.2) is 0 Å². The molecule has 3 atom stereocenters. The van der Waals surface area contributed by atoms with Gasteiger partial charge in [-0.15, -0.1) is 0 Å². The number of piperazine rings is 1. The first-order chi connectivity index (χ1) is 9.88. The van der Waals surface area contributed by atoms with Crippen molar-refractivity contribution in [1.82, 2.24) is 14.7 Å². The highest BCUT2D eigenvalue weighted by atomic mass is 15.3. The summed E-state index contributed by atoms with van der Waals surface area (Å²) in [7, 11) is 0. The normalized spacial score (nSPS) is 34.0. The second kappa shape index (κ2) is 7.43. The smallest absolute Gasteiger partial charge is 0.0149 e. The number of hydrogen-bond donors (Lipinski definition) is 0. The Morgan fingerprint density at radius 3 is 2.10 bits per heavy atom. The average molecular weight is 296 g/mol. The molecule has 3 heteroatoms. The van der Waals surface area contributed by atoms with E-state index in [9.17, 15) is 0 Å². The molecule has 0 amide bonds. The molecule has 0 aromatic heterocycles. The lowest BCUT2D eigenvalue weighted by atomic mass is 9.87. The highest BCUT2D eigenvalue weighted by molar-refractivity contribution is 4.91. The van der Waals surface area contributed by atoms with Crippen molar-refractivity contribution in [2.45, 2.75) is 66.1 Å². The number of piperidine rings is 1. The van der Waals surface area contributed by atoms with Gasteiger partial charge in [-0.2, -0.15) is 0 Å². The van der Waals surface area contributed by atoms with E-state index in [1.807, 2.05) is 0 Å². The molecule has 0 bridgehead atoms. The Balaban J connectivity index is 1.88. The van der Waals surface area contributed by atoms with Crippen molar-refractivity contribution in [3.63, 3.8) is 0 Å². The molecule has 21 heavy (non-hydrogen) atoms. The number of hydrogen-bond acceptors (Lipinski definition) is 3. The quantitative estimate of drug-likeness (QED) is 0.789. The van der Waals surface area contributed by atoms with Gasteiger partial charge in [-0.05, 0) is 39.0 Å². The van der Waals surface area contributed by atoms with E-state index in [1.54, 1.807) is 0 Å². The van der Waals surface area contributed by atoms with E-state index in [-0.39, 0.29) is 0 Å². The van der Waals surface area contributed by atoms with Gasteiger partial charge in [0.05, 0.1) is 0 Å². The summed E-state index contributed by atoms with van der Waals surface area (Å²) in [5.41, 5.74) is 0. The highest BCUT2D eigenvalue weighted by Gasteiger charge is 2.35. The Labute approximate surface area is 132 Å². The van der Waals surface area contributed by atoms with Crippen molar-refractivity contribution in [1.29, 1.82) is 0 Å². The minimum atomic E-state index is 0.705. The Morgan fingerprint density at radius 2 is 1.57 bits per heavy atom. The van der Waals surface area contributed by atoms with E-state index >= 15 is 0 Å². The largest absolute Gasteiger partial charge is 0.300 e. The summed E-state index contributed by atoms with van der Waals surface area (Å²) >= 11 is 0. The second-order valence-corrected chi connectivity index (χ2v) is 8.14. The Kier molecular flexibility index (Phi) is 6.10. The van der Waals surface area contributed by atoms with Gasteiger partial charge >= 0.3 is 0 Å². The predicted molar refractivity (Wildman–Crippen MR) is 91.7 cm³/mol. The lowest BCUT2D eigenvalue weighted by Crippen LogP contribution is -2.59. The Bertz CT molecular complexity index is 308. The molecule has 3 nitrogen and oxygen atoms in total. The third kappa shape index (κ3) is 4.43. The van der Waals surface area contributed by atoms with Crippen molar-refractivity contribution < 1.29 is 0 Å². The molecule has 2 rings (SSSR count). The Hall–Kier alpha value is -0.120. The van der Waals surface area contributed by atoms with Gasteiger partial charge in [-0.25, -0.2) is 0 Å². The summed E-state index contributed by atoms with van der Waals surface area (Å²) in [6.45, 7) is 21.8. The summed E-state index contributed by atoms with van der Waals surface area (Å²) in [5.74, 6) is 1.59. The monoisotopic (exact) mass is 295 g/mol. The minimum absolute atomic E-state index is 0.705. The third-order valence-electron chi connectivity index (χ3n) is 5.53. The SMILES string of the molecule is CC(C)CN1C[C@@H](C)C(N2CCN(C(C)C)CC2)C[C@H]1C. The van der Waals surface area contributed by atoms with Gasteiger partial charge in [0.15, 0.2) is 0 Å². The summed E-state index contributed by atoms with van der Waals surface area (Å²) in [4.78, 5) is 8.13. The van der Waals surface area contributed by atoms with Gasteiger partial charge in [-0.3, -0.25) is 9.80 Å². The van der Waals surface area contributed by atoms with Gasteiger partial charge in [0.25, 0.3) is 0 Å². The topological polar surface area (TPSA) is 9.72 Å². The van der Waals surface area contributed by atoms with Crippen molar-refractivity contribution in [3.05, 3.63) is 0 Å². The van der Waals surface area contributed by atoms with Gasteiger partial charge in [0.2, 0.25) is 0 Å². The molecule has 0 saturated carbocycles. The van der Waals surface area contributed by atoms with E-state index in [0.717, 1.165) is 23.9 Å². The molecule has 2 fully saturated rings. The molecular formula is C18H37N3. The van der Waals surface area contributed by atoms with Crippen molar-refractivity contribution >= 4 is 0 Å². The van der Waals surface area contributed by atoms with Crippen LogP contribution in [-0.2, 0) is 0 Å². The number of nitrogens with zero attached hydrogens (tertiary/aromatic N) is 3. The molecule has 0 aliphatic carbocycles. The first kappa shape index (κ1) is 17.2. The van der Waals surface area contributed by atoms with Crippen LogP contribution in [0.5, 0.6) is 0 Å². The highest BCUT2D eigenvalue weighted by Crippen LogP contribution is 2.28. The average Bonchev–Trinajstić information content (AvgIpc) is 2.42. The molecule has 2 heterocycles. The maximum absolute atomic E-state index is 2.78. The Morgan fingerprint density at radius 1 is 0.952 bits per heavy atom. The zero-order valence-corrected chi connectivity index (χ0v) is 15.2. The fraction of sp³-hybridized carbons (Fsp3) is 1.00. The van der Waals surface area contributed by atoms with E-state index in [1.165, 1.54) is 45.7 Å². The molecule has 2 aliphatic heterocycles. The maximum Gasteiger partial charge on any atom is 0.0149 e. The van der Waals surface area contributed by atoms with Gasteiger partial charge < -0.3 is 4.90 Å². The molecule has 124 valence electrons. The van der Waals surface area contributed by atoms with Crippen LogP contribution < -0.4 is 0 Å². The minimum Gasteiger partial charge on any atom is -0.300 e. The predicted octanol–water partition coefficient (Wildman–Crippen LogP) is 2.77. The van der Waals surface area contributed by atoms with E-state index in [2.05, 4.69) is 56.2 Å². The third-order valence-corrected chi connectivity index (χ3v) is 5.53. The van der Waals surface area contributed by atoms with Crippen LogP contribution in [-0.4, -0.2) is 72.1 Å². The molecule has 0 radical (unpaired) electrons. The first-order valence-corrected chi connectivity index (χ1v) is 9.10. The van der Waals surface area contributed by atoms with Crippen molar-refractivity contribution in [3.8, 4) is 0 Å². The standard InChI is InChI=1S/C18H37N3/c1-14(2)12-21-13-16(5)18(11-17(21)6)20-9-7-19(8-10-20)15(3)4/h14-18H,7-13H2,1-6H3/t16-,17-,18?/m1/s1. The summed E-state index contributed by atoms with van der Waals surface area (Å²) in [5, 5.41) is 0. The van der Waals surface area contributed by atoms with Crippen LogP contribution in [0.25, 0.3) is 0 Å². The van der Waals surface area contributed by atoms with Crippen LogP contribution in [0.3, 0.4) is 0 Å². The van der Waals surface area contributed by atoms with Crippen LogP contribution in [0.1, 0.15) is 48.0 Å². The van der Waals surface area contributed by atoms with E-state index in [4.69, 9.17) is 0 Å². The van der Waals surface area contributed by atoms with Crippen LogP contribution in [0.4, 0.5) is 0 Å². The van der Waals surface area contributed by atoms with E-state index in [0.29, 0.717) is 6.04 Å². The number of likely N-dealkylation sites (tertiary alicyclic amines) is 1. The lowest BCUT2D eigenvalue weighted by molar-refractivity contribution is -0.000948. The second-order valence-electron chi connectivity index (χ2n) is 8.14. The molecule has 0 aromatic carbocycles. The van der Waals surface area contributed by atoms with Gasteiger partial charge in [0.1, 0.15) is 0 Å². The van der Waals surface area contributed by atoms with E-state index < -0.39 is 0 Å². The first-order valence-electron chi connectivity index (χ1n) is 9.10. The van der Waals surface area contributed by atoms with Gasteiger partial charge in [-0.1, -0.05) is 20.8 Å². The summed E-state index contributed by atoms with van der Waals surface area (Å²) < 4.78 is 0. The lowest BCUT2D eigenvalue weighted by Gasteiger charge is -2.49. The van der Waals surface area contributed by atoms with Crippen LogP contribution in [0, 0.1) is 11.8 Å². The molecule has 0 spiro atoms. The molecular weight excluding hydrogens is 258 g/mol.